The van der Waals surface area contributed by atoms with E-state index in [1.54, 1.807) is 12.4 Å². The normalized spacial score (nSPS) is 15.0. The van der Waals surface area contributed by atoms with E-state index in [0.29, 0.717) is 30.5 Å². The molecule has 1 aromatic carbocycles. The van der Waals surface area contributed by atoms with Gasteiger partial charge in [-0.05, 0) is 51.2 Å². The highest BCUT2D eigenvalue weighted by atomic mass is 32.1. The number of rotatable bonds is 10. The molecule has 1 saturated heterocycles. The first-order valence-electron chi connectivity index (χ1n) is 13.3. The van der Waals surface area contributed by atoms with Crippen molar-refractivity contribution in [2.24, 2.45) is 0 Å². The number of nitrogens with zero attached hydrogens (tertiary/aromatic N) is 6. The molecule has 4 aromatic rings. The quantitative estimate of drug-likeness (QED) is 0.280. The second kappa shape index (κ2) is 12.1. The van der Waals surface area contributed by atoms with Gasteiger partial charge >= 0.3 is 0 Å². The van der Waals surface area contributed by atoms with Crippen LogP contribution in [0.4, 0.5) is 5.95 Å². The van der Waals surface area contributed by atoms with Gasteiger partial charge in [-0.2, -0.15) is 10.4 Å². The van der Waals surface area contributed by atoms with E-state index >= 15 is 0 Å². The second-order valence-corrected chi connectivity index (χ2v) is 11.5. The van der Waals surface area contributed by atoms with Crippen molar-refractivity contribution in [3.63, 3.8) is 0 Å². The van der Waals surface area contributed by atoms with Gasteiger partial charge in [-0.15, -0.1) is 11.3 Å². The third-order valence-corrected chi connectivity index (χ3v) is 8.27. The number of hydrogen-bond donors (Lipinski definition) is 2. The minimum absolute atomic E-state index is 0.204. The molecule has 0 saturated carbocycles. The van der Waals surface area contributed by atoms with E-state index in [-0.39, 0.29) is 11.4 Å². The van der Waals surface area contributed by atoms with Crippen LogP contribution in [0.25, 0.3) is 21.5 Å². The van der Waals surface area contributed by atoms with E-state index < -0.39 is 0 Å². The molecule has 10 nitrogen and oxygen atoms in total. The van der Waals surface area contributed by atoms with Crippen LogP contribution in [0, 0.1) is 11.3 Å². The zero-order valence-electron chi connectivity index (χ0n) is 23.1. The molecule has 1 amide bonds. The molecule has 5 rings (SSSR count). The van der Waals surface area contributed by atoms with Crippen LogP contribution in [0.3, 0.4) is 0 Å². The molecule has 1 aliphatic heterocycles. The van der Waals surface area contributed by atoms with Crippen molar-refractivity contribution in [3.8, 4) is 16.5 Å². The predicted molar refractivity (Wildman–Crippen MR) is 157 cm³/mol. The number of morpholine rings is 1. The fourth-order valence-electron chi connectivity index (χ4n) is 4.97. The Morgan fingerprint density at radius 1 is 1.27 bits per heavy atom. The lowest BCUT2D eigenvalue weighted by Crippen LogP contribution is -2.49. The first-order valence-corrected chi connectivity index (χ1v) is 14.1. The Hall–Kier alpha value is -3.82. The lowest BCUT2D eigenvalue weighted by molar-refractivity contribution is 0.00453. The molecule has 1 aliphatic rings. The first kappa shape index (κ1) is 27.7. The zero-order chi connectivity index (χ0) is 28.1. The molecule has 0 radical (unpaired) electrons. The van der Waals surface area contributed by atoms with Gasteiger partial charge in [0.25, 0.3) is 5.91 Å². The standard InChI is InChI=1S/C29H34N8O2S/c1-29(2,36-12-14-39-15-13-36)16-21(17-30)20-35(3)10-11-37-24-7-5-4-6-23(24)33-28(37)34-27(38)26-9-8-25(40-26)22-18-31-32-19-22/h4-9,16,18-19H,10-15,20H2,1-3H3,(H,31,32)(H,33,34,38). The van der Waals surface area contributed by atoms with E-state index in [0.717, 1.165) is 53.4 Å². The second-order valence-electron chi connectivity index (χ2n) is 10.5. The van der Waals surface area contributed by atoms with Crippen molar-refractivity contribution in [3.05, 3.63) is 65.3 Å². The summed E-state index contributed by atoms with van der Waals surface area (Å²) >= 11 is 1.41. The maximum absolute atomic E-state index is 13.2. The number of aromatic amines is 1. The fraction of sp³-hybridized carbons (Fsp3) is 0.379. The Bertz CT molecular complexity index is 1520. The van der Waals surface area contributed by atoms with Crippen molar-refractivity contribution in [1.82, 2.24) is 29.5 Å². The SMILES string of the molecule is CN(CCn1c(NC(=O)c2ccc(-c3cn[nH]c3)s2)nc2ccccc21)CC(C#N)=CC(C)(C)N1CCOCC1. The lowest BCUT2D eigenvalue weighted by Gasteiger charge is -2.39. The molecule has 40 heavy (non-hydrogen) atoms. The third kappa shape index (κ3) is 6.32. The van der Waals surface area contributed by atoms with Gasteiger partial charge < -0.3 is 9.30 Å². The van der Waals surface area contributed by atoms with Crippen molar-refractivity contribution in [2.45, 2.75) is 25.9 Å². The summed E-state index contributed by atoms with van der Waals surface area (Å²) in [7, 11) is 2.01. The van der Waals surface area contributed by atoms with Crippen LogP contribution in [0.2, 0.25) is 0 Å². The summed E-state index contributed by atoms with van der Waals surface area (Å²) in [5.41, 5.74) is 3.21. The number of hydrogen-bond acceptors (Lipinski definition) is 8. The summed E-state index contributed by atoms with van der Waals surface area (Å²) in [6.07, 6.45) is 5.62. The number of para-hydroxylation sites is 2. The molecule has 0 aliphatic carbocycles. The Morgan fingerprint density at radius 2 is 2.08 bits per heavy atom. The van der Waals surface area contributed by atoms with Gasteiger partial charge in [0.2, 0.25) is 5.95 Å². The summed E-state index contributed by atoms with van der Waals surface area (Å²) in [4.78, 5) is 23.9. The molecular formula is C29H34N8O2S. The van der Waals surface area contributed by atoms with Crippen molar-refractivity contribution in [1.29, 1.82) is 5.26 Å². The Morgan fingerprint density at radius 3 is 2.83 bits per heavy atom. The predicted octanol–water partition coefficient (Wildman–Crippen LogP) is 4.23. The molecule has 2 N–H and O–H groups in total. The highest BCUT2D eigenvalue weighted by Crippen LogP contribution is 2.28. The van der Waals surface area contributed by atoms with Gasteiger partial charge in [-0.25, -0.2) is 4.98 Å². The molecule has 3 aromatic heterocycles. The smallest absolute Gasteiger partial charge is 0.268 e. The van der Waals surface area contributed by atoms with Crippen molar-refractivity contribution in [2.75, 3.05) is 51.8 Å². The van der Waals surface area contributed by atoms with Crippen LogP contribution in [-0.2, 0) is 11.3 Å². The summed E-state index contributed by atoms with van der Waals surface area (Å²) < 4.78 is 7.52. The number of imidazole rings is 1. The summed E-state index contributed by atoms with van der Waals surface area (Å²) in [5.74, 6) is 0.298. The number of nitrogens with one attached hydrogen (secondary N) is 2. The number of nitriles is 1. The van der Waals surface area contributed by atoms with Crippen molar-refractivity contribution < 1.29 is 9.53 Å². The summed E-state index contributed by atoms with van der Waals surface area (Å²) in [5, 5.41) is 19.7. The van der Waals surface area contributed by atoms with Gasteiger partial charge in [-0.3, -0.25) is 25.0 Å². The minimum atomic E-state index is -0.229. The number of carbonyl (C=O) groups is 1. The van der Waals surface area contributed by atoms with E-state index in [9.17, 15) is 10.1 Å². The average molecular weight is 559 g/mol. The maximum Gasteiger partial charge on any atom is 0.268 e. The monoisotopic (exact) mass is 558 g/mol. The minimum Gasteiger partial charge on any atom is -0.379 e. The summed E-state index contributed by atoms with van der Waals surface area (Å²) in [6, 6.07) is 14.0. The fourth-order valence-corrected chi connectivity index (χ4v) is 5.85. The number of thiophene rings is 1. The van der Waals surface area contributed by atoms with E-state index in [2.05, 4.69) is 51.3 Å². The average Bonchev–Trinajstić information content (AvgIpc) is 3.72. The van der Waals surface area contributed by atoms with Gasteiger partial charge in [0.15, 0.2) is 0 Å². The molecule has 11 heteroatoms. The number of aromatic nitrogens is 4. The molecule has 1 fully saturated rings. The van der Waals surface area contributed by atoms with Crippen LogP contribution in [0.1, 0.15) is 23.5 Å². The Labute approximate surface area is 237 Å². The van der Waals surface area contributed by atoms with Crippen LogP contribution in [-0.4, -0.2) is 87.4 Å². The molecule has 0 bridgehead atoms. The largest absolute Gasteiger partial charge is 0.379 e. The van der Waals surface area contributed by atoms with Gasteiger partial charge in [-0.1, -0.05) is 12.1 Å². The number of ether oxygens (including phenoxy) is 1. The molecular weight excluding hydrogens is 524 g/mol. The highest BCUT2D eigenvalue weighted by molar-refractivity contribution is 7.17. The van der Waals surface area contributed by atoms with Gasteiger partial charge in [0, 0.05) is 60.5 Å². The highest BCUT2D eigenvalue weighted by Gasteiger charge is 2.27. The van der Waals surface area contributed by atoms with Crippen LogP contribution in [0.5, 0.6) is 0 Å². The summed E-state index contributed by atoms with van der Waals surface area (Å²) in [6.45, 7) is 9.25. The number of amides is 1. The molecule has 0 spiro atoms. The molecule has 208 valence electrons. The number of likely N-dealkylation sites (N-methyl/N-ethyl adjacent to an activating group) is 1. The van der Waals surface area contributed by atoms with Crippen LogP contribution < -0.4 is 5.32 Å². The maximum atomic E-state index is 13.2. The van der Waals surface area contributed by atoms with Gasteiger partial charge in [0.1, 0.15) is 0 Å². The third-order valence-electron chi connectivity index (χ3n) is 7.14. The number of fused-ring (bicyclic) bond motifs is 1. The number of benzene rings is 1. The Balaban J connectivity index is 1.28. The number of H-pyrrole nitrogens is 1. The van der Waals surface area contributed by atoms with E-state index in [1.807, 2.05) is 48.0 Å². The van der Waals surface area contributed by atoms with Crippen LogP contribution in [0.15, 0.2) is 60.4 Å². The zero-order valence-corrected chi connectivity index (χ0v) is 23.9. The Kier molecular flexibility index (Phi) is 8.42. The van der Waals surface area contributed by atoms with Gasteiger partial charge in [0.05, 0.1) is 41.4 Å². The topological polar surface area (TPSA) is 115 Å². The lowest BCUT2D eigenvalue weighted by atomic mass is 9.98. The molecule has 4 heterocycles. The number of anilines is 1. The number of carbonyl (C=O) groups excluding carboxylic acids is 1. The van der Waals surface area contributed by atoms with E-state index in [1.165, 1.54) is 11.3 Å². The van der Waals surface area contributed by atoms with E-state index in [4.69, 9.17) is 9.72 Å². The van der Waals surface area contributed by atoms with Crippen molar-refractivity contribution >= 4 is 34.2 Å². The molecule has 0 atom stereocenters. The van der Waals surface area contributed by atoms with Crippen LogP contribution >= 0.6 is 11.3 Å². The first-order chi connectivity index (χ1) is 19.3. The molecule has 0 unspecified atom stereocenters.